The van der Waals surface area contributed by atoms with Crippen LogP contribution in [0.25, 0.3) is 0 Å². The number of carboxylic acids is 1. The maximum absolute atomic E-state index is 10.9. The monoisotopic (exact) mass is 235 g/mol. The van der Waals surface area contributed by atoms with Crippen LogP contribution in [0.1, 0.15) is 25.8 Å². The molecule has 3 heteroatoms. The minimum absolute atomic E-state index is 0.115. The van der Waals surface area contributed by atoms with Crippen molar-refractivity contribution in [1.82, 2.24) is 5.32 Å². The molecule has 0 saturated carbocycles. The summed E-state index contributed by atoms with van der Waals surface area (Å²) < 4.78 is 0. The van der Waals surface area contributed by atoms with E-state index in [1.165, 1.54) is 5.56 Å². The van der Waals surface area contributed by atoms with Crippen molar-refractivity contribution in [2.45, 2.75) is 32.7 Å². The third-order valence-electron chi connectivity index (χ3n) is 2.78. The second kappa shape index (κ2) is 7.07. The van der Waals surface area contributed by atoms with Crippen molar-refractivity contribution in [3.05, 3.63) is 35.9 Å². The van der Waals surface area contributed by atoms with Gasteiger partial charge in [0.2, 0.25) is 0 Å². The number of carboxylic acid groups (broad SMARTS) is 1. The van der Waals surface area contributed by atoms with Gasteiger partial charge in [0.1, 0.15) is 6.04 Å². The molecular weight excluding hydrogens is 214 g/mol. The molecular formula is C14H21NO2. The maximum atomic E-state index is 10.9. The normalized spacial score (nSPS) is 12.6. The van der Waals surface area contributed by atoms with Gasteiger partial charge in [-0.15, -0.1) is 0 Å². The summed E-state index contributed by atoms with van der Waals surface area (Å²) in [7, 11) is 0. The summed E-state index contributed by atoms with van der Waals surface area (Å²) in [6.45, 7) is 4.58. The van der Waals surface area contributed by atoms with E-state index in [9.17, 15) is 4.79 Å². The second-order valence-electron chi connectivity index (χ2n) is 4.60. The van der Waals surface area contributed by atoms with E-state index < -0.39 is 12.0 Å². The average molecular weight is 235 g/mol. The van der Waals surface area contributed by atoms with Crippen molar-refractivity contribution in [2.75, 3.05) is 6.54 Å². The van der Waals surface area contributed by atoms with Crippen LogP contribution in [-0.4, -0.2) is 23.7 Å². The van der Waals surface area contributed by atoms with Crippen molar-refractivity contribution in [1.29, 1.82) is 0 Å². The number of aliphatic carboxylic acids is 1. The van der Waals surface area contributed by atoms with Gasteiger partial charge in [-0.2, -0.15) is 0 Å². The lowest BCUT2D eigenvalue weighted by molar-refractivity contribution is -0.140. The molecule has 1 unspecified atom stereocenters. The molecule has 0 heterocycles. The molecule has 94 valence electrons. The van der Waals surface area contributed by atoms with Crippen molar-refractivity contribution in [3.8, 4) is 0 Å². The lowest BCUT2D eigenvalue weighted by atomic mass is 10.0. The van der Waals surface area contributed by atoms with Crippen molar-refractivity contribution < 1.29 is 9.90 Å². The van der Waals surface area contributed by atoms with Crippen LogP contribution in [0.15, 0.2) is 30.3 Å². The van der Waals surface area contributed by atoms with E-state index in [1.54, 1.807) is 0 Å². The van der Waals surface area contributed by atoms with Gasteiger partial charge in [0.15, 0.2) is 0 Å². The highest BCUT2D eigenvalue weighted by molar-refractivity contribution is 5.73. The lowest BCUT2D eigenvalue weighted by Crippen LogP contribution is -2.41. The molecule has 17 heavy (non-hydrogen) atoms. The van der Waals surface area contributed by atoms with E-state index >= 15 is 0 Å². The largest absolute Gasteiger partial charge is 0.480 e. The summed E-state index contributed by atoms with van der Waals surface area (Å²) in [5.74, 6) is -0.649. The molecule has 1 atom stereocenters. The fourth-order valence-electron chi connectivity index (χ4n) is 1.80. The molecule has 0 fully saturated rings. The van der Waals surface area contributed by atoms with Gasteiger partial charge >= 0.3 is 5.97 Å². The Morgan fingerprint density at radius 3 is 2.47 bits per heavy atom. The molecule has 0 aliphatic rings. The van der Waals surface area contributed by atoms with Crippen LogP contribution < -0.4 is 5.32 Å². The number of hydrogen-bond donors (Lipinski definition) is 2. The molecule has 2 N–H and O–H groups in total. The number of hydrogen-bond acceptors (Lipinski definition) is 2. The van der Waals surface area contributed by atoms with Crippen LogP contribution >= 0.6 is 0 Å². The fraction of sp³-hybridized carbons (Fsp3) is 0.500. The van der Waals surface area contributed by atoms with Crippen molar-refractivity contribution in [3.63, 3.8) is 0 Å². The highest BCUT2D eigenvalue weighted by Crippen LogP contribution is 2.04. The summed E-state index contributed by atoms with van der Waals surface area (Å²) >= 11 is 0. The van der Waals surface area contributed by atoms with Gasteiger partial charge in [0.05, 0.1) is 0 Å². The summed E-state index contributed by atoms with van der Waals surface area (Å²) in [4.78, 5) is 10.9. The molecule has 1 rings (SSSR count). The molecule has 0 bridgehead atoms. The van der Waals surface area contributed by atoms with Gasteiger partial charge in [-0.25, -0.2) is 0 Å². The van der Waals surface area contributed by atoms with Gasteiger partial charge in [-0.3, -0.25) is 4.79 Å². The Morgan fingerprint density at radius 2 is 1.94 bits per heavy atom. The van der Waals surface area contributed by atoms with Crippen LogP contribution in [0.4, 0.5) is 0 Å². The first kappa shape index (κ1) is 13.7. The first-order valence-corrected chi connectivity index (χ1v) is 6.11. The number of aryl methyl sites for hydroxylation is 1. The zero-order valence-corrected chi connectivity index (χ0v) is 10.5. The number of benzene rings is 1. The zero-order chi connectivity index (χ0) is 12.7. The minimum Gasteiger partial charge on any atom is -0.480 e. The molecule has 1 aromatic carbocycles. The third-order valence-corrected chi connectivity index (χ3v) is 2.78. The fourth-order valence-corrected chi connectivity index (χ4v) is 1.80. The predicted molar refractivity (Wildman–Crippen MR) is 69.0 cm³/mol. The quantitative estimate of drug-likeness (QED) is 0.713. The number of carbonyl (C=O) groups is 1. The summed E-state index contributed by atoms with van der Waals surface area (Å²) in [5.41, 5.74) is 1.30. The van der Waals surface area contributed by atoms with E-state index in [0.717, 1.165) is 19.4 Å². The zero-order valence-electron chi connectivity index (χ0n) is 10.5. The van der Waals surface area contributed by atoms with E-state index in [-0.39, 0.29) is 5.92 Å². The molecule has 0 aliphatic heterocycles. The highest BCUT2D eigenvalue weighted by atomic mass is 16.4. The molecule has 3 nitrogen and oxygen atoms in total. The van der Waals surface area contributed by atoms with E-state index in [4.69, 9.17) is 5.11 Å². The average Bonchev–Trinajstić information content (AvgIpc) is 2.29. The Hall–Kier alpha value is -1.35. The topological polar surface area (TPSA) is 49.3 Å². The standard InChI is InChI=1S/C14H21NO2/c1-11(2)13(14(16)17)15-10-6-9-12-7-4-3-5-8-12/h3-5,7-8,11,13,15H,6,9-10H2,1-2H3,(H,16,17). The van der Waals surface area contributed by atoms with Gasteiger partial charge in [0, 0.05) is 0 Å². The molecule has 0 amide bonds. The summed E-state index contributed by atoms with van der Waals surface area (Å²) in [5, 5.41) is 12.1. The Labute approximate surface area is 103 Å². The smallest absolute Gasteiger partial charge is 0.320 e. The molecule has 0 spiro atoms. The molecule has 0 aromatic heterocycles. The Kier molecular flexibility index (Phi) is 5.70. The summed E-state index contributed by atoms with van der Waals surface area (Å²) in [6, 6.07) is 9.80. The van der Waals surface area contributed by atoms with Crippen molar-refractivity contribution in [2.24, 2.45) is 5.92 Å². The molecule has 1 aromatic rings. The van der Waals surface area contributed by atoms with E-state index in [1.807, 2.05) is 32.0 Å². The SMILES string of the molecule is CC(C)C(NCCCc1ccccc1)C(=O)O. The first-order chi connectivity index (χ1) is 8.11. The summed E-state index contributed by atoms with van der Waals surface area (Å²) in [6.07, 6.45) is 1.94. The number of nitrogens with one attached hydrogen (secondary N) is 1. The first-order valence-electron chi connectivity index (χ1n) is 6.11. The van der Waals surface area contributed by atoms with Gasteiger partial charge in [0.25, 0.3) is 0 Å². The van der Waals surface area contributed by atoms with E-state index in [0.29, 0.717) is 0 Å². The highest BCUT2D eigenvalue weighted by Gasteiger charge is 2.19. The number of rotatable bonds is 7. The van der Waals surface area contributed by atoms with Crippen LogP contribution in [0.3, 0.4) is 0 Å². The molecule has 0 saturated heterocycles. The lowest BCUT2D eigenvalue weighted by Gasteiger charge is -2.17. The predicted octanol–water partition coefficient (Wildman–Crippen LogP) is 2.32. The Balaban J connectivity index is 2.26. The van der Waals surface area contributed by atoms with Crippen LogP contribution in [-0.2, 0) is 11.2 Å². The third kappa shape index (κ3) is 5.00. The van der Waals surface area contributed by atoms with Gasteiger partial charge in [-0.1, -0.05) is 44.2 Å². The van der Waals surface area contributed by atoms with Gasteiger partial charge in [-0.05, 0) is 30.9 Å². The van der Waals surface area contributed by atoms with Crippen LogP contribution in [0, 0.1) is 5.92 Å². The maximum Gasteiger partial charge on any atom is 0.320 e. The Morgan fingerprint density at radius 1 is 1.29 bits per heavy atom. The van der Waals surface area contributed by atoms with Crippen LogP contribution in [0.2, 0.25) is 0 Å². The Bertz CT molecular complexity index is 335. The van der Waals surface area contributed by atoms with Crippen LogP contribution in [0.5, 0.6) is 0 Å². The van der Waals surface area contributed by atoms with Gasteiger partial charge < -0.3 is 10.4 Å². The van der Waals surface area contributed by atoms with E-state index in [2.05, 4.69) is 17.4 Å². The van der Waals surface area contributed by atoms with Crippen molar-refractivity contribution >= 4 is 5.97 Å². The molecule has 0 radical (unpaired) electrons. The minimum atomic E-state index is -0.764. The second-order valence-corrected chi connectivity index (χ2v) is 4.60. The molecule has 0 aliphatic carbocycles.